The molecule has 1 rings (SSSR count). The fourth-order valence-corrected chi connectivity index (χ4v) is 0.987. The molecule has 0 saturated carbocycles. The van der Waals surface area contributed by atoms with Crippen LogP contribution < -0.4 is 10.9 Å². The predicted molar refractivity (Wildman–Crippen MR) is 43.1 cm³/mol. The van der Waals surface area contributed by atoms with Gasteiger partial charge in [0.05, 0.1) is 0 Å². The monoisotopic (exact) mass is 171 g/mol. The van der Waals surface area contributed by atoms with Gasteiger partial charge in [-0.3, -0.25) is 10.2 Å². The molecule has 0 radical (unpaired) electrons. The van der Waals surface area contributed by atoms with E-state index in [1.807, 2.05) is 20.8 Å². The largest absolute Gasteiger partial charge is 0.336 e. The van der Waals surface area contributed by atoms with Gasteiger partial charge in [0.2, 0.25) is 0 Å². The topological polar surface area (TPSA) is 61.4 Å². The maximum absolute atomic E-state index is 11.2. The average Bonchev–Trinajstić information content (AvgIpc) is 1.92. The number of carbonyl (C=O) groups excluding carboxylic acids is 2. The van der Waals surface area contributed by atoms with E-state index in [9.17, 15) is 9.59 Å². The number of nitrogens with one attached hydrogen (secondary N) is 2. The molecule has 0 aromatic heterocycles. The van der Waals surface area contributed by atoms with Gasteiger partial charge in [-0.25, -0.2) is 10.2 Å². The van der Waals surface area contributed by atoms with Crippen LogP contribution in [0, 0.1) is 0 Å². The van der Waals surface area contributed by atoms with E-state index >= 15 is 0 Å². The van der Waals surface area contributed by atoms with Crippen molar-refractivity contribution in [2.75, 3.05) is 6.54 Å². The smallest absolute Gasteiger partial charge is 0.309 e. The van der Waals surface area contributed by atoms with E-state index in [1.54, 1.807) is 0 Å². The molecule has 5 nitrogen and oxygen atoms in total. The number of hydrogen-bond donors (Lipinski definition) is 2. The second-order valence-electron chi connectivity index (χ2n) is 3.74. The molecule has 1 fully saturated rings. The van der Waals surface area contributed by atoms with E-state index in [0.717, 1.165) is 0 Å². The van der Waals surface area contributed by atoms with Crippen LogP contribution in [0.2, 0.25) is 0 Å². The van der Waals surface area contributed by atoms with Gasteiger partial charge in [0, 0.05) is 5.54 Å². The Hall–Kier alpha value is -1.26. The Labute approximate surface area is 71.1 Å². The summed E-state index contributed by atoms with van der Waals surface area (Å²) in [6.45, 7) is 5.76. The van der Waals surface area contributed by atoms with Crippen LogP contribution in [0.3, 0.4) is 0 Å². The Bertz CT molecular complexity index is 219. The van der Waals surface area contributed by atoms with Crippen molar-refractivity contribution < 1.29 is 9.59 Å². The van der Waals surface area contributed by atoms with Crippen molar-refractivity contribution in [2.24, 2.45) is 0 Å². The Kier molecular flexibility index (Phi) is 1.95. The fraction of sp³-hybridized carbons (Fsp3) is 0.714. The number of hydrazine groups is 1. The molecule has 1 aliphatic rings. The molecule has 3 amide bonds. The molecule has 1 heterocycles. The molecule has 0 unspecified atom stereocenters. The summed E-state index contributed by atoms with van der Waals surface area (Å²) in [7, 11) is 0. The first kappa shape index (κ1) is 8.83. The zero-order chi connectivity index (χ0) is 9.35. The molecule has 1 saturated heterocycles. The minimum Gasteiger partial charge on any atom is -0.309 e. The summed E-state index contributed by atoms with van der Waals surface area (Å²) in [5.74, 6) is -0.190. The van der Waals surface area contributed by atoms with Crippen molar-refractivity contribution >= 4 is 11.9 Å². The SMILES string of the molecule is CC(C)(C)N1CC(=O)NNC1=O. The predicted octanol–water partition coefficient (Wildman–Crippen LogP) is -0.159. The zero-order valence-electron chi connectivity index (χ0n) is 7.47. The third-order valence-electron chi connectivity index (χ3n) is 1.67. The molecular formula is C7H13N3O2. The first-order chi connectivity index (χ1) is 5.41. The fourth-order valence-electron chi connectivity index (χ4n) is 0.987. The summed E-state index contributed by atoms with van der Waals surface area (Å²) < 4.78 is 0. The third-order valence-corrected chi connectivity index (χ3v) is 1.67. The van der Waals surface area contributed by atoms with Gasteiger partial charge in [-0.05, 0) is 20.8 Å². The number of amides is 3. The van der Waals surface area contributed by atoms with Crippen molar-refractivity contribution in [1.82, 2.24) is 15.8 Å². The summed E-state index contributed by atoms with van der Waals surface area (Å²) in [5, 5.41) is 0. The molecule has 0 aliphatic carbocycles. The summed E-state index contributed by atoms with van der Waals surface area (Å²) in [6, 6.07) is -0.262. The second-order valence-corrected chi connectivity index (χ2v) is 3.74. The summed E-state index contributed by atoms with van der Waals surface area (Å²) >= 11 is 0. The van der Waals surface area contributed by atoms with Crippen LogP contribution in [-0.2, 0) is 4.79 Å². The molecule has 0 spiro atoms. The maximum Gasteiger partial charge on any atom is 0.336 e. The van der Waals surface area contributed by atoms with E-state index < -0.39 is 0 Å². The standard InChI is InChI=1S/C7H13N3O2/c1-7(2,3)10-4-5(11)8-9-6(10)12/h4H2,1-3H3,(H,8,11)(H,9,12). The van der Waals surface area contributed by atoms with Gasteiger partial charge in [-0.2, -0.15) is 0 Å². The maximum atomic E-state index is 11.2. The molecule has 0 aromatic rings. The first-order valence-electron chi connectivity index (χ1n) is 3.78. The van der Waals surface area contributed by atoms with Crippen LogP contribution >= 0.6 is 0 Å². The van der Waals surface area contributed by atoms with Crippen LogP contribution in [0.5, 0.6) is 0 Å². The summed E-state index contributed by atoms with van der Waals surface area (Å²) in [4.78, 5) is 23.6. The molecule has 0 aromatic carbocycles. The van der Waals surface area contributed by atoms with Gasteiger partial charge in [0.15, 0.2) is 0 Å². The lowest BCUT2D eigenvalue weighted by Crippen LogP contribution is -2.63. The molecule has 5 heteroatoms. The highest BCUT2D eigenvalue weighted by molar-refractivity contribution is 5.89. The lowest BCUT2D eigenvalue weighted by atomic mass is 10.1. The van der Waals surface area contributed by atoms with Crippen LogP contribution in [0.1, 0.15) is 20.8 Å². The van der Waals surface area contributed by atoms with Gasteiger partial charge in [-0.15, -0.1) is 0 Å². The Morgan fingerprint density at radius 1 is 1.25 bits per heavy atom. The van der Waals surface area contributed by atoms with Crippen molar-refractivity contribution in [2.45, 2.75) is 26.3 Å². The molecule has 68 valence electrons. The quantitative estimate of drug-likeness (QED) is 0.532. The van der Waals surface area contributed by atoms with Crippen LogP contribution in [-0.4, -0.2) is 28.9 Å². The normalized spacial score (nSPS) is 18.8. The zero-order valence-corrected chi connectivity index (χ0v) is 7.47. The second kappa shape index (κ2) is 2.66. The Balaban J connectivity index is 2.74. The highest BCUT2D eigenvalue weighted by Gasteiger charge is 2.31. The van der Waals surface area contributed by atoms with Crippen LogP contribution in [0.15, 0.2) is 0 Å². The number of hydrogen-bond acceptors (Lipinski definition) is 2. The van der Waals surface area contributed by atoms with Crippen molar-refractivity contribution in [3.63, 3.8) is 0 Å². The van der Waals surface area contributed by atoms with Gasteiger partial charge >= 0.3 is 6.03 Å². The van der Waals surface area contributed by atoms with Gasteiger partial charge in [0.1, 0.15) is 6.54 Å². The van der Waals surface area contributed by atoms with E-state index in [1.165, 1.54) is 4.90 Å². The molecular weight excluding hydrogens is 158 g/mol. The number of carbonyl (C=O) groups is 2. The lowest BCUT2D eigenvalue weighted by molar-refractivity contribution is -0.125. The minimum absolute atomic E-state index is 0.120. The lowest BCUT2D eigenvalue weighted by Gasteiger charge is -2.37. The number of rotatable bonds is 0. The Morgan fingerprint density at radius 3 is 2.25 bits per heavy atom. The summed E-state index contributed by atoms with van der Waals surface area (Å²) in [6.07, 6.45) is 0. The minimum atomic E-state index is -0.318. The van der Waals surface area contributed by atoms with E-state index in [4.69, 9.17) is 0 Å². The average molecular weight is 171 g/mol. The van der Waals surface area contributed by atoms with Gasteiger partial charge in [0.25, 0.3) is 5.91 Å². The third kappa shape index (κ3) is 1.66. The van der Waals surface area contributed by atoms with Crippen molar-refractivity contribution in [3.8, 4) is 0 Å². The molecule has 0 atom stereocenters. The highest BCUT2D eigenvalue weighted by Crippen LogP contribution is 2.13. The molecule has 2 N–H and O–H groups in total. The Morgan fingerprint density at radius 2 is 1.83 bits per heavy atom. The summed E-state index contributed by atoms with van der Waals surface area (Å²) in [5.41, 5.74) is 4.21. The van der Waals surface area contributed by atoms with Crippen molar-refractivity contribution in [1.29, 1.82) is 0 Å². The van der Waals surface area contributed by atoms with Gasteiger partial charge < -0.3 is 4.90 Å². The molecule has 1 aliphatic heterocycles. The van der Waals surface area contributed by atoms with E-state index in [0.29, 0.717) is 0 Å². The van der Waals surface area contributed by atoms with E-state index in [-0.39, 0.29) is 24.0 Å². The highest BCUT2D eigenvalue weighted by atomic mass is 16.2. The van der Waals surface area contributed by atoms with Gasteiger partial charge in [-0.1, -0.05) is 0 Å². The number of nitrogens with zero attached hydrogens (tertiary/aromatic N) is 1. The first-order valence-corrected chi connectivity index (χ1v) is 3.78. The van der Waals surface area contributed by atoms with Crippen LogP contribution in [0.4, 0.5) is 4.79 Å². The number of urea groups is 1. The van der Waals surface area contributed by atoms with Crippen molar-refractivity contribution in [3.05, 3.63) is 0 Å². The van der Waals surface area contributed by atoms with Crippen LogP contribution in [0.25, 0.3) is 0 Å². The molecule has 0 bridgehead atoms. The van der Waals surface area contributed by atoms with E-state index in [2.05, 4.69) is 10.9 Å². The molecule has 12 heavy (non-hydrogen) atoms.